The van der Waals surface area contributed by atoms with Gasteiger partial charge in [0.1, 0.15) is 0 Å². The number of nitrogens with two attached hydrogens (primary N) is 1. The van der Waals surface area contributed by atoms with E-state index in [1.165, 1.54) is 30.4 Å². The van der Waals surface area contributed by atoms with Crippen LogP contribution in [0.25, 0.3) is 0 Å². The Bertz CT molecular complexity index is 398. The second-order valence-electron chi connectivity index (χ2n) is 6.15. The van der Waals surface area contributed by atoms with Crippen molar-refractivity contribution in [1.82, 2.24) is 0 Å². The molecule has 1 nitrogen and oxygen atoms in total. The summed E-state index contributed by atoms with van der Waals surface area (Å²) in [6.45, 7) is 6.91. The molecule has 0 amide bonds. The second-order valence-corrected chi connectivity index (χ2v) is 6.15. The third-order valence-electron chi connectivity index (χ3n) is 4.92. The van der Waals surface area contributed by atoms with Gasteiger partial charge in [0, 0.05) is 5.54 Å². The molecule has 3 atom stereocenters. The van der Waals surface area contributed by atoms with Crippen molar-refractivity contribution in [3.8, 4) is 0 Å². The summed E-state index contributed by atoms with van der Waals surface area (Å²) in [5.74, 6) is 1.31. The van der Waals surface area contributed by atoms with Gasteiger partial charge in [0.25, 0.3) is 0 Å². The summed E-state index contributed by atoms with van der Waals surface area (Å²) >= 11 is 0. The fraction of sp³-hybridized carbons (Fsp3) is 0.647. The second kappa shape index (κ2) is 5.44. The molecule has 1 aliphatic rings. The lowest BCUT2D eigenvalue weighted by Gasteiger charge is -2.43. The van der Waals surface area contributed by atoms with Crippen LogP contribution in [0.1, 0.15) is 57.6 Å². The smallest absolute Gasteiger partial charge is 0.0438 e. The Morgan fingerprint density at radius 3 is 2.83 bits per heavy atom. The molecule has 18 heavy (non-hydrogen) atoms. The Labute approximate surface area is 112 Å². The van der Waals surface area contributed by atoms with E-state index in [1.54, 1.807) is 0 Å². The highest BCUT2D eigenvalue weighted by atomic mass is 14.8. The lowest BCUT2D eigenvalue weighted by Crippen LogP contribution is -2.48. The molecule has 100 valence electrons. The lowest BCUT2D eigenvalue weighted by molar-refractivity contribution is 0.143. The molecule has 1 aliphatic carbocycles. The molecule has 2 N–H and O–H groups in total. The first-order valence-corrected chi connectivity index (χ1v) is 7.46. The Kier molecular flexibility index (Phi) is 4.11. The molecule has 0 saturated heterocycles. The summed E-state index contributed by atoms with van der Waals surface area (Å²) in [4.78, 5) is 0. The summed E-state index contributed by atoms with van der Waals surface area (Å²) in [6, 6.07) is 8.99. The molecule has 1 fully saturated rings. The van der Waals surface area contributed by atoms with Crippen molar-refractivity contribution in [3.63, 3.8) is 0 Å². The van der Waals surface area contributed by atoms with Crippen LogP contribution in [0.5, 0.6) is 0 Å². The largest absolute Gasteiger partial charge is 0.321 e. The monoisotopic (exact) mass is 245 g/mol. The third-order valence-corrected chi connectivity index (χ3v) is 4.92. The van der Waals surface area contributed by atoms with Gasteiger partial charge in [-0.25, -0.2) is 0 Å². The fourth-order valence-corrected chi connectivity index (χ4v) is 3.41. The molecular formula is C17H27N. The Hall–Kier alpha value is -0.820. The minimum Gasteiger partial charge on any atom is -0.321 e. The van der Waals surface area contributed by atoms with E-state index in [1.807, 2.05) is 0 Å². The number of benzene rings is 1. The first-order chi connectivity index (χ1) is 8.58. The van der Waals surface area contributed by atoms with Crippen molar-refractivity contribution in [1.29, 1.82) is 0 Å². The third kappa shape index (κ3) is 2.47. The van der Waals surface area contributed by atoms with Crippen molar-refractivity contribution < 1.29 is 0 Å². The average Bonchev–Trinajstić information content (AvgIpc) is 2.37. The lowest BCUT2D eigenvalue weighted by atomic mass is 9.65. The van der Waals surface area contributed by atoms with Crippen molar-refractivity contribution >= 4 is 0 Å². The zero-order chi connectivity index (χ0) is 13.2. The summed E-state index contributed by atoms with van der Waals surface area (Å²) in [7, 11) is 0. The molecule has 0 radical (unpaired) electrons. The molecule has 0 aromatic heterocycles. The molecule has 3 unspecified atom stereocenters. The maximum Gasteiger partial charge on any atom is 0.0438 e. The highest BCUT2D eigenvalue weighted by Gasteiger charge is 2.39. The summed E-state index contributed by atoms with van der Waals surface area (Å²) in [5.41, 5.74) is 9.46. The van der Waals surface area contributed by atoms with Gasteiger partial charge in [-0.2, -0.15) is 0 Å². The van der Waals surface area contributed by atoms with Gasteiger partial charge in [0.15, 0.2) is 0 Å². The molecule has 0 spiro atoms. The molecule has 1 saturated carbocycles. The molecular weight excluding hydrogens is 218 g/mol. The van der Waals surface area contributed by atoms with Gasteiger partial charge in [-0.15, -0.1) is 0 Å². The van der Waals surface area contributed by atoms with Gasteiger partial charge < -0.3 is 5.73 Å². The maximum atomic E-state index is 6.78. The van der Waals surface area contributed by atoms with Crippen molar-refractivity contribution in [2.75, 3.05) is 0 Å². The van der Waals surface area contributed by atoms with Crippen LogP contribution in [0.2, 0.25) is 0 Å². The van der Waals surface area contributed by atoms with E-state index in [0.717, 1.165) is 18.8 Å². The van der Waals surface area contributed by atoms with Crippen LogP contribution in [-0.4, -0.2) is 0 Å². The van der Waals surface area contributed by atoms with E-state index in [9.17, 15) is 0 Å². The van der Waals surface area contributed by atoms with Gasteiger partial charge in [-0.1, -0.05) is 64.3 Å². The zero-order valence-corrected chi connectivity index (χ0v) is 12.1. The number of hydrogen-bond acceptors (Lipinski definition) is 1. The first-order valence-electron chi connectivity index (χ1n) is 7.46. The van der Waals surface area contributed by atoms with E-state index < -0.39 is 0 Å². The van der Waals surface area contributed by atoms with E-state index in [0.29, 0.717) is 5.92 Å². The zero-order valence-electron chi connectivity index (χ0n) is 12.1. The van der Waals surface area contributed by atoms with Gasteiger partial charge in [0.05, 0.1) is 0 Å². The number of rotatable bonds is 3. The van der Waals surface area contributed by atoms with Crippen molar-refractivity contribution in [2.24, 2.45) is 17.6 Å². The van der Waals surface area contributed by atoms with Crippen LogP contribution in [0.15, 0.2) is 24.3 Å². The highest BCUT2D eigenvalue weighted by Crippen LogP contribution is 2.42. The topological polar surface area (TPSA) is 26.0 Å². The van der Waals surface area contributed by atoms with Crippen LogP contribution >= 0.6 is 0 Å². The highest BCUT2D eigenvalue weighted by molar-refractivity contribution is 5.31. The van der Waals surface area contributed by atoms with E-state index >= 15 is 0 Å². The summed E-state index contributed by atoms with van der Waals surface area (Å²) in [5, 5.41) is 0. The standard InChI is InChI=1S/C17H27N/c1-4-7-15-9-5-10-16(12-15)17(18)11-6-8-13(2)14(17)3/h5,9-10,12-14H,4,6-8,11,18H2,1-3H3. The SMILES string of the molecule is CCCc1cccc(C2(N)CCCC(C)C2C)c1. The average molecular weight is 245 g/mol. The molecule has 0 bridgehead atoms. The van der Waals surface area contributed by atoms with Crippen molar-refractivity contribution in [3.05, 3.63) is 35.4 Å². The van der Waals surface area contributed by atoms with Gasteiger partial charge >= 0.3 is 0 Å². The van der Waals surface area contributed by atoms with Crippen LogP contribution in [0, 0.1) is 11.8 Å². The van der Waals surface area contributed by atoms with Crippen LogP contribution in [0.4, 0.5) is 0 Å². The number of hydrogen-bond donors (Lipinski definition) is 1. The Morgan fingerprint density at radius 1 is 1.33 bits per heavy atom. The molecule has 0 heterocycles. The van der Waals surface area contributed by atoms with E-state index in [4.69, 9.17) is 5.73 Å². The molecule has 1 heteroatoms. The predicted molar refractivity (Wildman–Crippen MR) is 78.5 cm³/mol. The minimum absolute atomic E-state index is 0.110. The minimum atomic E-state index is -0.110. The normalized spacial score (nSPS) is 32.4. The fourth-order valence-electron chi connectivity index (χ4n) is 3.41. The Balaban J connectivity index is 2.30. The van der Waals surface area contributed by atoms with Crippen LogP contribution < -0.4 is 5.73 Å². The summed E-state index contributed by atoms with van der Waals surface area (Å²) in [6.07, 6.45) is 6.09. The van der Waals surface area contributed by atoms with Crippen LogP contribution in [0.3, 0.4) is 0 Å². The quantitative estimate of drug-likeness (QED) is 0.846. The van der Waals surface area contributed by atoms with Gasteiger partial charge in [0.2, 0.25) is 0 Å². The number of aryl methyl sites for hydroxylation is 1. The van der Waals surface area contributed by atoms with Crippen LogP contribution in [-0.2, 0) is 12.0 Å². The van der Waals surface area contributed by atoms with E-state index in [2.05, 4.69) is 45.0 Å². The van der Waals surface area contributed by atoms with Gasteiger partial charge in [-0.3, -0.25) is 0 Å². The predicted octanol–water partition coefficient (Wildman–Crippen LogP) is 4.25. The molecule has 1 aromatic carbocycles. The molecule has 1 aromatic rings. The van der Waals surface area contributed by atoms with E-state index in [-0.39, 0.29) is 5.54 Å². The molecule has 0 aliphatic heterocycles. The Morgan fingerprint density at radius 2 is 2.11 bits per heavy atom. The summed E-state index contributed by atoms with van der Waals surface area (Å²) < 4.78 is 0. The molecule has 2 rings (SSSR count). The first kappa shape index (κ1) is 13.6. The maximum absolute atomic E-state index is 6.78. The van der Waals surface area contributed by atoms with Gasteiger partial charge in [-0.05, 0) is 35.8 Å². The van der Waals surface area contributed by atoms with Crippen molar-refractivity contribution in [2.45, 2.75) is 58.4 Å².